The fourth-order valence-corrected chi connectivity index (χ4v) is 4.69. The number of nitrogens with zero attached hydrogens (tertiary/aromatic N) is 6. The monoisotopic (exact) mass is 450 g/mol. The predicted octanol–water partition coefficient (Wildman–Crippen LogP) is 4.59. The van der Waals surface area contributed by atoms with E-state index in [-0.39, 0.29) is 12.1 Å². The Morgan fingerprint density at radius 2 is 2.03 bits per heavy atom. The zero-order valence-electron chi connectivity index (χ0n) is 18.6. The number of imidazole rings is 1. The molecule has 0 saturated heterocycles. The van der Waals surface area contributed by atoms with Crippen molar-refractivity contribution in [3.8, 4) is 5.82 Å². The second kappa shape index (κ2) is 7.81. The van der Waals surface area contributed by atoms with Gasteiger partial charge in [0.05, 0.1) is 18.3 Å². The SMILES string of the molecule is CSc1ncc2c(n1)-n1ccnc1N(C1CCN(C(=O)OC(C)(C)C)c3ccccc31)C2. The molecule has 3 aromatic rings. The Balaban J connectivity index is 1.52. The summed E-state index contributed by atoms with van der Waals surface area (Å²) in [6, 6.07) is 8.13. The quantitative estimate of drug-likeness (QED) is 0.417. The van der Waals surface area contributed by atoms with Gasteiger partial charge in [0.15, 0.2) is 5.16 Å². The molecule has 0 saturated carbocycles. The van der Waals surface area contributed by atoms with Gasteiger partial charge in [-0.25, -0.2) is 19.7 Å². The summed E-state index contributed by atoms with van der Waals surface area (Å²) < 4.78 is 7.70. The van der Waals surface area contributed by atoms with Gasteiger partial charge in [0.1, 0.15) is 11.4 Å². The van der Waals surface area contributed by atoms with E-state index >= 15 is 0 Å². The third kappa shape index (κ3) is 3.60. The third-order valence-electron chi connectivity index (χ3n) is 5.65. The van der Waals surface area contributed by atoms with Crippen molar-refractivity contribution in [2.75, 3.05) is 22.6 Å². The largest absolute Gasteiger partial charge is 0.443 e. The number of hydrogen-bond acceptors (Lipinski definition) is 7. The minimum atomic E-state index is -0.542. The number of carbonyl (C=O) groups excluding carboxylic acids is 1. The first kappa shape index (κ1) is 20.8. The van der Waals surface area contributed by atoms with Crippen LogP contribution in [-0.4, -0.2) is 44.0 Å². The average Bonchev–Trinajstić information content (AvgIpc) is 3.26. The summed E-state index contributed by atoms with van der Waals surface area (Å²) in [7, 11) is 0. The molecule has 0 fully saturated rings. The summed E-state index contributed by atoms with van der Waals surface area (Å²) >= 11 is 1.53. The number of para-hydroxylation sites is 1. The van der Waals surface area contributed by atoms with Gasteiger partial charge < -0.3 is 9.64 Å². The average molecular weight is 451 g/mol. The number of hydrogen-bond donors (Lipinski definition) is 0. The molecule has 5 rings (SSSR count). The molecule has 2 aliphatic rings. The van der Waals surface area contributed by atoms with Crippen molar-refractivity contribution in [3.05, 3.63) is 54.0 Å². The maximum atomic E-state index is 12.9. The zero-order chi connectivity index (χ0) is 22.5. The number of benzene rings is 1. The molecule has 4 heterocycles. The van der Waals surface area contributed by atoms with Crippen LogP contribution in [0.3, 0.4) is 0 Å². The van der Waals surface area contributed by atoms with Gasteiger partial charge in [-0.3, -0.25) is 9.47 Å². The molecular weight excluding hydrogens is 424 g/mol. The lowest BCUT2D eigenvalue weighted by Gasteiger charge is -2.42. The van der Waals surface area contributed by atoms with Gasteiger partial charge in [-0.2, -0.15) is 0 Å². The highest BCUT2D eigenvalue weighted by Gasteiger charge is 2.37. The fraction of sp³-hybridized carbons (Fsp3) is 0.391. The summed E-state index contributed by atoms with van der Waals surface area (Å²) in [5.41, 5.74) is 2.49. The van der Waals surface area contributed by atoms with E-state index in [1.54, 1.807) is 11.1 Å². The standard InChI is InChI=1S/C23H26N6O2S/c1-23(2,3)31-22(30)27-11-9-18(16-7-5-6-8-17(16)27)29-14-15-13-25-20(32-4)26-19(15)28-12-10-24-21(28)29/h5-8,10,12-13,18H,9,11,14H2,1-4H3. The van der Waals surface area contributed by atoms with E-state index in [2.05, 4.69) is 20.9 Å². The normalized spacial score (nSPS) is 17.4. The van der Waals surface area contributed by atoms with E-state index in [0.29, 0.717) is 13.1 Å². The first-order chi connectivity index (χ1) is 15.4. The van der Waals surface area contributed by atoms with E-state index in [4.69, 9.17) is 9.72 Å². The Morgan fingerprint density at radius 1 is 1.22 bits per heavy atom. The minimum Gasteiger partial charge on any atom is -0.443 e. The molecule has 8 nitrogen and oxygen atoms in total. The van der Waals surface area contributed by atoms with Crippen LogP contribution in [0.15, 0.2) is 48.0 Å². The highest BCUT2D eigenvalue weighted by molar-refractivity contribution is 7.98. The van der Waals surface area contributed by atoms with Gasteiger partial charge in [0.25, 0.3) is 0 Å². The van der Waals surface area contributed by atoms with Crippen molar-refractivity contribution in [1.82, 2.24) is 19.5 Å². The van der Waals surface area contributed by atoms with Crippen molar-refractivity contribution >= 4 is 29.5 Å². The predicted molar refractivity (Wildman–Crippen MR) is 124 cm³/mol. The van der Waals surface area contributed by atoms with Gasteiger partial charge in [0.2, 0.25) is 5.95 Å². The highest BCUT2D eigenvalue weighted by atomic mass is 32.2. The van der Waals surface area contributed by atoms with Crippen LogP contribution < -0.4 is 9.80 Å². The second-order valence-corrected chi connectivity index (χ2v) is 9.70. The van der Waals surface area contributed by atoms with Crippen molar-refractivity contribution < 1.29 is 9.53 Å². The number of amides is 1. The van der Waals surface area contributed by atoms with Gasteiger partial charge in [-0.15, -0.1) is 0 Å². The molecule has 9 heteroatoms. The molecule has 166 valence electrons. The van der Waals surface area contributed by atoms with Crippen LogP contribution in [0.1, 0.15) is 44.4 Å². The van der Waals surface area contributed by atoms with E-state index in [1.807, 2.05) is 62.2 Å². The molecule has 1 aromatic carbocycles. The van der Waals surface area contributed by atoms with Crippen LogP contribution in [-0.2, 0) is 11.3 Å². The molecule has 0 N–H and O–H groups in total. The van der Waals surface area contributed by atoms with E-state index in [0.717, 1.165) is 40.2 Å². The highest BCUT2D eigenvalue weighted by Crippen LogP contribution is 2.42. The van der Waals surface area contributed by atoms with Gasteiger partial charge in [0, 0.05) is 30.7 Å². The van der Waals surface area contributed by atoms with Gasteiger partial charge in [-0.05, 0) is 45.1 Å². The molecule has 1 unspecified atom stereocenters. The number of fused-ring (bicyclic) bond motifs is 4. The van der Waals surface area contributed by atoms with Crippen LogP contribution in [0, 0.1) is 0 Å². The molecular formula is C23H26N6O2S. The molecule has 1 amide bonds. The van der Waals surface area contributed by atoms with Crippen LogP contribution in [0.25, 0.3) is 5.82 Å². The molecule has 2 aliphatic heterocycles. The number of aromatic nitrogens is 4. The van der Waals surface area contributed by atoms with E-state index in [9.17, 15) is 4.79 Å². The number of ether oxygens (including phenoxy) is 1. The first-order valence-electron chi connectivity index (χ1n) is 10.7. The zero-order valence-corrected chi connectivity index (χ0v) is 19.5. The lowest BCUT2D eigenvalue weighted by molar-refractivity contribution is 0.0576. The third-order valence-corrected chi connectivity index (χ3v) is 6.21. The Hall–Kier alpha value is -3.07. The number of thioether (sulfide) groups is 1. The Kier molecular flexibility index (Phi) is 5.08. The molecule has 0 spiro atoms. The summed E-state index contributed by atoms with van der Waals surface area (Å²) in [6.45, 7) is 6.90. The lowest BCUT2D eigenvalue weighted by atomic mass is 9.94. The van der Waals surface area contributed by atoms with Crippen LogP contribution in [0.2, 0.25) is 0 Å². The topological polar surface area (TPSA) is 76.4 Å². The Morgan fingerprint density at radius 3 is 2.81 bits per heavy atom. The maximum Gasteiger partial charge on any atom is 0.414 e. The lowest BCUT2D eigenvalue weighted by Crippen LogP contribution is -2.44. The summed E-state index contributed by atoms with van der Waals surface area (Å²) in [5.74, 6) is 1.74. The molecule has 0 radical (unpaired) electrons. The van der Waals surface area contributed by atoms with Crippen molar-refractivity contribution in [1.29, 1.82) is 0 Å². The van der Waals surface area contributed by atoms with Crippen LogP contribution in [0.4, 0.5) is 16.4 Å². The second-order valence-electron chi connectivity index (χ2n) is 8.93. The van der Waals surface area contributed by atoms with Gasteiger partial charge in [-0.1, -0.05) is 30.0 Å². The minimum absolute atomic E-state index is 0.0689. The Labute approximate surface area is 191 Å². The molecule has 2 aromatic heterocycles. The number of carbonyl (C=O) groups is 1. The van der Waals surface area contributed by atoms with E-state index in [1.165, 1.54) is 11.8 Å². The number of rotatable bonds is 2. The van der Waals surface area contributed by atoms with E-state index < -0.39 is 5.60 Å². The first-order valence-corrected chi connectivity index (χ1v) is 11.9. The number of anilines is 2. The smallest absolute Gasteiger partial charge is 0.414 e. The van der Waals surface area contributed by atoms with Crippen LogP contribution >= 0.6 is 11.8 Å². The summed E-state index contributed by atoms with van der Waals surface area (Å²) in [5, 5.41) is 0.743. The maximum absolute atomic E-state index is 12.9. The van der Waals surface area contributed by atoms with Crippen molar-refractivity contribution in [3.63, 3.8) is 0 Å². The fourth-order valence-electron chi connectivity index (χ4n) is 4.35. The summed E-state index contributed by atoms with van der Waals surface area (Å²) in [6.07, 6.45) is 8.08. The molecule has 0 bridgehead atoms. The van der Waals surface area contributed by atoms with Crippen molar-refractivity contribution in [2.24, 2.45) is 0 Å². The summed E-state index contributed by atoms with van der Waals surface area (Å²) in [4.78, 5) is 30.8. The van der Waals surface area contributed by atoms with Crippen molar-refractivity contribution in [2.45, 2.75) is 50.5 Å². The molecule has 1 atom stereocenters. The molecule has 0 aliphatic carbocycles. The van der Waals surface area contributed by atoms with Gasteiger partial charge >= 0.3 is 6.09 Å². The Bertz CT molecular complexity index is 1170. The molecule has 32 heavy (non-hydrogen) atoms. The van der Waals surface area contributed by atoms with Crippen LogP contribution in [0.5, 0.6) is 0 Å².